The van der Waals surface area contributed by atoms with Gasteiger partial charge in [0.1, 0.15) is 23.9 Å². The van der Waals surface area contributed by atoms with E-state index in [1.165, 1.54) is 11.8 Å². The molecule has 2 aromatic heterocycles. The predicted octanol–water partition coefficient (Wildman–Crippen LogP) is 4.02. The van der Waals surface area contributed by atoms with Gasteiger partial charge in [-0.1, -0.05) is 23.4 Å². The van der Waals surface area contributed by atoms with Crippen molar-refractivity contribution in [3.8, 4) is 5.75 Å². The van der Waals surface area contributed by atoms with E-state index in [4.69, 9.17) is 20.8 Å². The standard InChI is InChI=1S/C16H15ClN4O2S/c1-11-19-20-16(24-2)21(11)18-9-14-7-8-15(23-14)10-22-13-5-3-12(17)4-6-13/h3-9H,10H2,1-2H3/b18-9-. The van der Waals surface area contributed by atoms with E-state index in [2.05, 4.69) is 15.3 Å². The number of benzene rings is 1. The van der Waals surface area contributed by atoms with Crippen LogP contribution in [0.2, 0.25) is 5.02 Å². The summed E-state index contributed by atoms with van der Waals surface area (Å²) in [5.41, 5.74) is 0. The molecule has 0 aliphatic carbocycles. The number of aromatic nitrogens is 3. The maximum absolute atomic E-state index is 5.84. The van der Waals surface area contributed by atoms with Gasteiger partial charge in [0.25, 0.3) is 0 Å². The molecule has 0 unspecified atom stereocenters. The first-order chi connectivity index (χ1) is 11.7. The van der Waals surface area contributed by atoms with E-state index in [-0.39, 0.29) is 0 Å². The van der Waals surface area contributed by atoms with Gasteiger partial charge in [-0.3, -0.25) is 0 Å². The third kappa shape index (κ3) is 3.98. The summed E-state index contributed by atoms with van der Waals surface area (Å²) in [6.07, 6.45) is 3.55. The quantitative estimate of drug-likeness (QED) is 0.489. The third-order valence-electron chi connectivity index (χ3n) is 3.13. The fourth-order valence-electron chi connectivity index (χ4n) is 1.94. The minimum atomic E-state index is 0.331. The van der Waals surface area contributed by atoms with E-state index < -0.39 is 0 Å². The van der Waals surface area contributed by atoms with Gasteiger partial charge < -0.3 is 9.15 Å². The van der Waals surface area contributed by atoms with Gasteiger partial charge in [-0.25, -0.2) is 0 Å². The summed E-state index contributed by atoms with van der Waals surface area (Å²) < 4.78 is 13.0. The summed E-state index contributed by atoms with van der Waals surface area (Å²) in [6, 6.07) is 10.9. The number of nitrogens with zero attached hydrogens (tertiary/aromatic N) is 4. The van der Waals surface area contributed by atoms with Gasteiger partial charge in [0.2, 0.25) is 5.16 Å². The molecule has 0 saturated heterocycles. The Morgan fingerprint density at radius 1 is 1.25 bits per heavy atom. The fourth-order valence-corrected chi connectivity index (χ4v) is 2.54. The number of aryl methyl sites for hydroxylation is 1. The molecule has 0 amide bonds. The Morgan fingerprint density at radius 2 is 2.04 bits per heavy atom. The summed E-state index contributed by atoms with van der Waals surface area (Å²) in [4.78, 5) is 0. The normalized spacial score (nSPS) is 11.3. The number of ether oxygens (including phenoxy) is 1. The van der Waals surface area contributed by atoms with Crippen molar-refractivity contribution in [2.75, 3.05) is 6.26 Å². The van der Waals surface area contributed by atoms with E-state index >= 15 is 0 Å². The Labute approximate surface area is 148 Å². The highest BCUT2D eigenvalue weighted by molar-refractivity contribution is 7.98. The highest BCUT2D eigenvalue weighted by Gasteiger charge is 2.06. The summed E-state index contributed by atoms with van der Waals surface area (Å²) in [5, 5.41) is 13.8. The molecule has 0 aliphatic rings. The molecule has 0 atom stereocenters. The number of furan rings is 1. The van der Waals surface area contributed by atoms with Crippen molar-refractivity contribution in [1.29, 1.82) is 0 Å². The molecule has 124 valence electrons. The number of hydrogen-bond acceptors (Lipinski definition) is 6. The molecule has 0 radical (unpaired) electrons. The van der Waals surface area contributed by atoms with Crippen LogP contribution in [0.15, 0.2) is 51.1 Å². The molecule has 6 nitrogen and oxygen atoms in total. The fraction of sp³-hybridized carbons (Fsp3) is 0.188. The van der Waals surface area contributed by atoms with Crippen molar-refractivity contribution >= 4 is 29.6 Å². The van der Waals surface area contributed by atoms with Crippen LogP contribution < -0.4 is 4.74 Å². The molecule has 0 fully saturated rings. The lowest BCUT2D eigenvalue weighted by Crippen LogP contribution is -1.95. The molecule has 3 aromatic rings. The van der Waals surface area contributed by atoms with E-state index in [1.54, 1.807) is 23.0 Å². The zero-order chi connectivity index (χ0) is 16.9. The second-order valence-electron chi connectivity index (χ2n) is 4.84. The zero-order valence-corrected chi connectivity index (χ0v) is 14.7. The van der Waals surface area contributed by atoms with E-state index in [0.717, 1.165) is 10.9 Å². The number of thioether (sulfide) groups is 1. The lowest BCUT2D eigenvalue weighted by Gasteiger charge is -2.03. The third-order valence-corrected chi connectivity index (χ3v) is 4.00. The monoisotopic (exact) mass is 362 g/mol. The SMILES string of the molecule is CSc1nnc(C)n1/N=C\c1ccc(COc2ccc(Cl)cc2)o1. The van der Waals surface area contributed by atoms with Gasteiger partial charge in [0.05, 0.1) is 6.21 Å². The number of hydrogen-bond donors (Lipinski definition) is 0. The van der Waals surface area contributed by atoms with Crippen molar-refractivity contribution in [2.24, 2.45) is 5.10 Å². The van der Waals surface area contributed by atoms with Crippen LogP contribution >= 0.6 is 23.4 Å². The number of halogens is 1. The average Bonchev–Trinajstić information content (AvgIpc) is 3.18. The maximum Gasteiger partial charge on any atom is 0.211 e. The van der Waals surface area contributed by atoms with E-state index in [1.807, 2.05) is 37.4 Å². The predicted molar refractivity (Wildman–Crippen MR) is 94.0 cm³/mol. The Bertz CT molecular complexity index is 842. The molecule has 2 heterocycles. The smallest absolute Gasteiger partial charge is 0.211 e. The Hall–Kier alpha value is -2.25. The molecule has 0 saturated carbocycles. The summed E-state index contributed by atoms with van der Waals surface area (Å²) in [6.45, 7) is 2.18. The molecule has 0 aliphatic heterocycles. The van der Waals surface area contributed by atoms with Gasteiger partial charge >= 0.3 is 0 Å². The largest absolute Gasteiger partial charge is 0.486 e. The van der Waals surface area contributed by atoms with Crippen LogP contribution in [0.25, 0.3) is 0 Å². The molecule has 24 heavy (non-hydrogen) atoms. The van der Waals surface area contributed by atoms with Crippen molar-refractivity contribution in [2.45, 2.75) is 18.7 Å². The lowest BCUT2D eigenvalue weighted by atomic mass is 10.3. The van der Waals surface area contributed by atoms with Gasteiger partial charge in [-0.2, -0.15) is 9.78 Å². The van der Waals surface area contributed by atoms with Crippen molar-refractivity contribution in [1.82, 2.24) is 14.9 Å². The second-order valence-corrected chi connectivity index (χ2v) is 6.05. The minimum Gasteiger partial charge on any atom is -0.486 e. The van der Waals surface area contributed by atoms with Gasteiger partial charge in [-0.05, 0) is 49.6 Å². The van der Waals surface area contributed by atoms with E-state index in [0.29, 0.717) is 29.0 Å². The van der Waals surface area contributed by atoms with Crippen LogP contribution in [0.3, 0.4) is 0 Å². The van der Waals surface area contributed by atoms with Crippen molar-refractivity contribution in [3.63, 3.8) is 0 Å². The molecule has 0 N–H and O–H groups in total. The van der Waals surface area contributed by atoms with Crippen LogP contribution in [-0.2, 0) is 6.61 Å². The highest BCUT2D eigenvalue weighted by atomic mass is 35.5. The summed E-state index contributed by atoms with van der Waals surface area (Å²) >= 11 is 7.32. The highest BCUT2D eigenvalue weighted by Crippen LogP contribution is 2.18. The van der Waals surface area contributed by atoms with Crippen molar-refractivity contribution in [3.05, 3.63) is 58.8 Å². The van der Waals surface area contributed by atoms with Crippen molar-refractivity contribution < 1.29 is 9.15 Å². The first-order valence-electron chi connectivity index (χ1n) is 7.13. The minimum absolute atomic E-state index is 0.331. The van der Waals surface area contributed by atoms with Crippen LogP contribution in [0.5, 0.6) is 5.75 Å². The first-order valence-corrected chi connectivity index (χ1v) is 8.73. The van der Waals surface area contributed by atoms with Crippen LogP contribution in [0, 0.1) is 6.92 Å². The molecule has 0 bridgehead atoms. The van der Waals surface area contributed by atoms with Crippen LogP contribution in [0.4, 0.5) is 0 Å². The average molecular weight is 363 g/mol. The molecule has 8 heteroatoms. The molecular formula is C16H15ClN4O2S. The van der Waals surface area contributed by atoms with Crippen LogP contribution in [-0.4, -0.2) is 27.3 Å². The lowest BCUT2D eigenvalue weighted by molar-refractivity contribution is 0.270. The molecule has 1 aromatic carbocycles. The zero-order valence-electron chi connectivity index (χ0n) is 13.1. The molecule has 0 spiro atoms. The summed E-state index contributed by atoms with van der Waals surface area (Å²) in [7, 11) is 0. The van der Waals surface area contributed by atoms with E-state index in [9.17, 15) is 0 Å². The Morgan fingerprint density at radius 3 is 2.79 bits per heavy atom. The van der Waals surface area contributed by atoms with Gasteiger partial charge in [0.15, 0.2) is 5.82 Å². The van der Waals surface area contributed by atoms with Gasteiger partial charge in [-0.15, -0.1) is 10.2 Å². The Balaban J connectivity index is 1.64. The second kappa shape index (κ2) is 7.55. The molecule has 3 rings (SSSR count). The Kier molecular flexibility index (Phi) is 5.22. The van der Waals surface area contributed by atoms with Crippen LogP contribution in [0.1, 0.15) is 17.3 Å². The topological polar surface area (TPSA) is 65.4 Å². The first kappa shape index (κ1) is 16.6. The molecular weight excluding hydrogens is 348 g/mol. The maximum atomic E-state index is 5.84. The summed E-state index contributed by atoms with van der Waals surface area (Å²) in [5.74, 6) is 2.78. The van der Waals surface area contributed by atoms with Gasteiger partial charge in [0, 0.05) is 5.02 Å². The number of rotatable bonds is 6.